The van der Waals surface area contributed by atoms with Gasteiger partial charge in [-0.1, -0.05) is 30.3 Å². The number of aromatic nitrogens is 1. The first kappa shape index (κ1) is 12.4. The van der Waals surface area contributed by atoms with E-state index in [1.54, 1.807) is 13.2 Å². The SMILES string of the molecule is Cc1nc(CNC(=O)CCc2ccccc2)co1. The number of hydrogen-bond donors (Lipinski definition) is 1. The first-order valence-corrected chi connectivity index (χ1v) is 5.95. The van der Waals surface area contributed by atoms with Gasteiger partial charge in [-0.15, -0.1) is 0 Å². The van der Waals surface area contributed by atoms with Gasteiger partial charge in [-0.2, -0.15) is 0 Å². The maximum absolute atomic E-state index is 11.6. The molecule has 0 fully saturated rings. The zero-order valence-corrected chi connectivity index (χ0v) is 10.3. The van der Waals surface area contributed by atoms with Crippen molar-refractivity contribution in [3.05, 3.63) is 53.7 Å². The van der Waals surface area contributed by atoms with Crippen LogP contribution in [-0.4, -0.2) is 10.9 Å². The topological polar surface area (TPSA) is 55.1 Å². The number of nitrogens with one attached hydrogen (secondary N) is 1. The van der Waals surface area contributed by atoms with Gasteiger partial charge in [0, 0.05) is 13.3 Å². The Kier molecular flexibility index (Phi) is 4.12. The summed E-state index contributed by atoms with van der Waals surface area (Å²) in [6.45, 7) is 2.20. The molecular formula is C14H16N2O2. The van der Waals surface area contributed by atoms with E-state index >= 15 is 0 Å². The van der Waals surface area contributed by atoms with Gasteiger partial charge >= 0.3 is 0 Å². The first-order chi connectivity index (χ1) is 8.74. The van der Waals surface area contributed by atoms with E-state index in [1.807, 2.05) is 30.3 Å². The molecule has 0 spiro atoms. The maximum atomic E-state index is 11.6. The molecule has 0 aliphatic heterocycles. The molecule has 2 aromatic rings. The van der Waals surface area contributed by atoms with Crippen LogP contribution in [0.1, 0.15) is 23.6 Å². The molecule has 0 radical (unpaired) electrons. The summed E-state index contributed by atoms with van der Waals surface area (Å²) >= 11 is 0. The van der Waals surface area contributed by atoms with Crippen molar-refractivity contribution >= 4 is 5.91 Å². The summed E-state index contributed by atoms with van der Waals surface area (Å²) in [5, 5.41) is 2.82. The van der Waals surface area contributed by atoms with Crippen LogP contribution in [0.5, 0.6) is 0 Å². The van der Waals surface area contributed by atoms with E-state index < -0.39 is 0 Å². The summed E-state index contributed by atoms with van der Waals surface area (Å²) in [4.78, 5) is 15.7. The molecule has 0 unspecified atom stereocenters. The highest BCUT2D eigenvalue weighted by Gasteiger charge is 2.04. The smallest absolute Gasteiger partial charge is 0.220 e. The maximum Gasteiger partial charge on any atom is 0.220 e. The van der Waals surface area contributed by atoms with Gasteiger partial charge in [-0.05, 0) is 12.0 Å². The van der Waals surface area contributed by atoms with Crippen LogP contribution in [0.2, 0.25) is 0 Å². The Balaban J connectivity index is 1.73. The van der Waals surface area contributed by atoms with Crippen LogP contribution in [0.25, 0.3) is 0 Å². The van der Waals surface area contributed by atoms with Gasteiger partial charge in [-0.25, -0.2) is 4.98 Å². The van der Waals surface area contributed by atoms with Crippen molar-refractivity contribution < 1.29 is 9.21 Å². The lowest BCUT2D eigenvalue weighted by atomic mass is 10.1. The molecule has 4 nitrogen and oxygen atoms in total. The number of carbonyl (C=O) groups excluding carboxylic acids is 1. The third-order valence-electron chi connectivity index (χ3n) is 2.62. The van der Waals surface area contributed by atoms with Gasteiger partial charge in [0.15, 0.2) is 5.89 Å². The Hall–Kier alpha value is -2.10. The Labute approximate surface area is 106 Å². The molecule has 0 saturated heterocycles. The molecule has 0 atom stereocenters. The Morgan fingerprint density at radius 1 is 1.33 bits per heavy atom. The van der Waals surface area contributed by atoms with Crippen molar-refractivity contribution in [3.63, 3.8) is 0 Å². The summed E-state index contributed by atoms with van der Waals surface area (Å²) in [5.74, 6) is 0.642. The van der Waals surface area contributed by atoms with Gasteiger partial charge in [-0.3, -0.25) is 4.79 Å². The number of rotatable bonds is 5. The average Bonchev–Trinajstić information content (AvgIpc) is 2.81. The number of oxazole rings is 1. The van der Waals surface area contributed by atoms with E-state index in [1.165, 1.54) is 5.56 Å². The van der Waals surface area contributed by atoms with E-state index in [0.29, 0.717) is 18.9 Å². The lowest BCUT2D eigenvalue weighted by Crippen LogP contribution is -2.23. The molecule has 1 N–H and O–H groups in total. The summed E-state index contributed by atoms with van der Waals surface area (Å²) in [5.41, 5.74) is 1.92. The Morgan fingerprint density at radius 3 is 2.78 bits per heavy atom. The predicted molar refractivity (Wildman–Crippen MR) is 67.8 cm³/mol. The molecule has 0 aliphatic rings. The van der Waals surface area contributed by atoms with E-state index in [9.17, 15) is 4.79 Å². The third-order valence-corrected chi connectivity index (χ3v) is 2.62. The van der Waals surface area contributed by atoms with Gasteiger partial charge in [0.1, 0.15) is 6.26 Å². The molecule has 0 aliphatic carbocycles. The van der Waals surface area contributed by atoms with Crippen LogP contribution < -0.4 is 5.32 Å². The standard InChI is InChI=1S/C14H16N2O2/c1-11-16-13(10-18-11)9-15-14(17)8-7-12-5-3-2-4-6-12/h2-6,10H,7-9H2,1H3,(H,15,17). The van der Waals surface area contributed by atoms with E-state index in [-0.39, 0.29) is 5.91 Å². The minimum absolute atomic E-state index is 0.0273. The average molecular weight is 244 g/mol. The zero-order valence-electron chi connectivity index (χ0n) is 10.3. The van der Waals surface area contributed by atoms with E-state index in [4.69, 9.17) is 4.42 Å². The zero-order chi connectivity index (χ0) is 12.8. The van der Waals surface area contributed by atoms with Gasteiger partial charge in [0.2, 0.25) is 5.91 Å². The highest BCUT2D eigenvalue weighted by molar-refractivity contribution is 5.76. The van der Waals surface area contributed by atoms with Crippen molar-refractivity contribution in [1.29, 1.82) is 0 Å². The Morgan fingerprint density at radius 2 is 2.11 bits per heavy atom. The lowest BCUT2D eigenvalue weighted by molar-refractivity contribution is -0.121. The van der Waals surface area contributed by atoms with Crippen molar-refractivity contribution in [1.82, 2.24) is 10.3 Å². The van der Waals surface area contributed by atoms with Crippen LogP contribution in [-0.2, 0) is 17.8 Å². The highest BCUT2D eigenvalue weighted by atomic mass is 16.3. The third kappa shape index (κ3) is 3.73. The lowest BCUT2D eigenvalue weighted by Gasteiger charge is -2.03. The monoisotopic (exact) mass is 244 g/mol. The second-order valence-electron chi connectivity index (χ2n) is 4.12. The number of hydrogen-bond acceptors (Lipinski definition) is 3. The largest absolute Gasteiger partial charge is 0.449 e. The molecule has 1 amide bonds. The van der Waals surface area contributed by atoms with Gasteiger partial charge < -0.3 is 9.73 Å². The van der Waals surface area contributed by atoms with E-state index in [2.05, 4.69) is 10.3 Å². The summed E-state index contributed by atoms with van der Waals surface area (Å²) < 4.78 is 5.06. The number of nitrogens with zero attached hydrogens (tertiary/aromatic N) is 1. The second kappa shape index (κ2) is 6.00. The molecular weight excluding hydrogens is 228 g/mol. The fourth-order valence-electron chi connectivity index (χ4n) is 1.67. The molecule has 4 heteroatoms. The van der Waals surface area contributed by atoms with Crippen molar-refractivity contribution in [3.8, 4) is 0 Å². The van der Waals surface area contributed by atoms with Crippen LogP contribution in [0.15, 0.2) is 41.0 Å². The predicted octanol–water partition coefficient (Wildman–Crippen LogP) is 2.23. The molecule has 94 valence electrons. The Bertz CT molecular complexity index is 506. The minimum atomic E-state index is 0.0273. The highest BCUT2D eigenvalue weighted by Crippen LogP contribution is 2.03. The number of amides is 1. The molecule has 1 aromatic heterocycles. The normalized spacial score (nSPS) is 10.3. The van der Waals surface area contributed by atoms with Crippen molar-refractivity contribution in [2.24, 2.45) is 0 Å². The van der Waals surface area contributed by atoms with Crippen LogP contribution in [0.4, 0.5) is 0 Å². The van der Waals surface area contributed by atoms with Crippen LogP contribution in [0, 0.1) is 6.92 Å². The summed E-state index contributed by atoms with van der Waals surface area (Å²) in [7, 11) is 0. The molecule has 2 rings (SSSR count). The molecule has 1 aromatic carbocycles. The first-order valence-electron chi connectivity index (χ1n) is 5.95. The second-order valence-corrected chi connectivity index (χ2v) is 4.12. The van der Waals surface area contributed by atoms with Crippen LogP contribution in [0.3, 0.4) is 0 Å². The molecule has 0 bridgehead atoms. The quantitative estimate of drug-likeness (QED) is 0.877. The molecule has 0 saturated carbocycles. The summed E-state index contributed by atoms with van der Waals surface area (Å²) in [6, 6.07) is 9.97. The fraction of sp³-hybridized carbons (Fsp3) is 0.286. The van der Waals surface area contributed by atoms with E-state index in [0.717, 1.165) is 12.1 Å². The van der Waals surface area contributed by atoms with Crippen LogP contribution >= 0.6 is 0 Å². The van der Waals surface area contributed by atoms with Crippen molar-refractivity contribution in [2.45, 2.75) is 26.3 Å². The summed E-state index contributed by atoms with van der Waals surface area (Å²) in [6.07, 6.45) is 2.80. The molecule has 18 heavy (non-hydrogen) atoms. The molecule has 1 heterocycles. The van der Waals surface area contributed by atoms with Gasteiger partial charge in [0.25, 0.3) is 0 Å². The minimum Gasteiger partial charge on any atom is -0.449 e. The number of aryl methyl sites for hydroxylation is 2. The number of carbonyl (C=O) groups is 1. The fourth-order valence-corrected chi connectivity index (χ4v) is 1.67. The van der Waals surface area contributed by atoms with Gasteiger partial charge in [0.05, 0.1) is 12.2 Å². The van der Waals surface area contributed by atoms with Crippen molar-refractivity contribution in [2.75, 3.05) is 0 Å². The number of benzene rings is 1.